The van der Waals surface area contributed by atoms with E-state index in [-0.39, 0.29) is 24.2 Å². The summed E-state index contributed by atoms with van der Waals surface area (Å²) in [7, 11) is 6.15. The number of methoxy groups -OCH3 is 3. The lowest BCUT2D eigenvalue weighted by atomic mass is 9.95. The number of aliphatic hydroxyl groups is 1. The molecule has 0 spiro atoms. The van der Waals surface area contributed by atoms with Gasteiger partial charge in [0.2, 0.25) is 5.75 Å². The Morgan fingerprint density at radius 2 is 1.64 bits per heavy atom. The van der Waals surface area contributed by atoms with E-state index < -0.39 is 0 Å². The molecule has 0 radical (unpaired) electrons. The summed E-state index contributed by atoms with van der Waals surface area (Å²) in [6, 6.07) is 9.29. The van der Waals surface area contributed by atoms with Gasteiger partial charge in [-0.25, -0.2) is 4.39 Å². The van der Waals surface area contributed by atoms with Crippen LogP contribution in [0.3, 0.4) is 0 Å². The van der Waals surface area contributed by atoms with Crippen LogP contribution in [0.5, 0.6) is 17.2 Å². The molecule has 2 aromatic rings. The Bertz CT molecular complexity index is 769. The predicted octanol–water partition coefficient (Wildman–Crippen LogP) is 3.09. The molecular formula is C21H26FNO5. The van der Waals surface area contributed by atoms with Gasteiger partial charge in [0.05, 0.1) is 21.3 Å². The number of aliphatic hydroxyl groups excluding tert-OH is 1. The minimum Gasteiger partial charge on any atom is -0.493 e. The fraction of sp³-hybridized carbons (Fsp3) is 0.381. The first-order valence-electron chi connectivity index (χ1n) is 8.86. The highest BCUT2D eigenvalue weighted by Gasteiger charge is 2.22. The summed E-state index contributed by atoms with van der Waals surface area (Å²) in [5.74, 6) is 0.515. The molecule has 0 fully saturated rings. The molecule has 2 rings (SSSR count). The van der Waals surface area contributed by atoms with E-state index in [1.165, 1.54) is 33.5 Å². The monoisotopic (exact) mass is 391 g/mol. The molecule has 1 atom stereocenters. The van der Waals surface area contributed by atoms with Crippen molar-refractivity contribution in [2.75, 3.05) is 41.5 Å². The molecule has 0 saturated carbocycles. The van der Waals surface area contributed by atoms with Crippen molar-refractivity contribution < 1.29 is 28.5 Å². The van der Waals surface area contributed by atoms with Gasteiger partial charge in [-0.05, 0) is 36.2 Å². The number of carbonyl (C=O) groups excluding carboxylic acids is 1. The highest BCUT2D eigenvalue weighted by atomic mass is 19.1. The summed E-state index contributed by atoms with van der Waals surface area (Å²) in [6.07, 6.45) is 0.457. The zero-order valence-electron chi connectivity index (χ0n) is 16.6. The third-order valence-corrected chi connectivity index (χ3v) is 4.57. The average molecular weight is 391 g/mol. The van der Waals surface area contributed by atoms with Crippen molar-refractivity contribution in [2.45, 2.75) is 12.3 Å². The molecule has 1 unspecified atom stereocenters. The fourth-order valence-electron chi connectivity index (χ4n) is 3.09. The van der Waals surface area contributed by atoms with E-state index in [0.29, 0.717) is 35.8 Å². The minimum atomic E-state index is -0.326. The molecule has 0 aromatic heterocycles. The van der Waals surface area contributed by atoms with Crippen LogP contribution in [0, 0.1) is 5.82 Å². The van der Waals surface area contributed by atoms with Crippen LogP contribution in [0.2, 0.25) is 0 Å². The van der Waals surface area contributed by atoms with E-state index in [1.54, 1.807) is 36.2 Å². The van der Waals surface area contributed by atoms with Crippen LogP contribution in [-0.4, -0.2) is 57.4 Å². The first-order chi connectivity index (χ1) is 13.4. The molecule has 0 aliphatic heterocycles. The molecule has 28 heavy (non-hydrogen) atoms. The topological polar surface area (TPSA) is 68.2 Å². The van der Waals surface area contributed by atoms with Crippen molar-refractivity contribution in [1.82, 2.24) is 4.90 Å². The Kier molecular flexibility index (Phi) is 7.63. The number of likely N-dealkylation sites (N-methyl/N-ethyl adjacent to an activating group) is 1. The Labute approximate surface area is 164 Å². The maximum Gasteiger partial charge on any atom is 0.253 e. The van der Waals surface area contributed by atoms with Crippen molar-refractivity contribution in [3.63, 3.8) is 0 Å². The first-order valence-corrected chi connectivity index (χ1v) is 8.86. The summed E-state index contributed by atoms with van der Waals surface area (Å²) >= 11 is 0. The number of hydrogen-bond donors (Lipinski definition) is 1. The molecule has 1 amide bonds. The second-order valence-corrected chi connectivity index (χ2v) is 6.36. The largest absolute Gasteiger partial charge is 0.493 e. The van der Waals surface area contributed by atoms with Gasteiger partial charge in [-0.1, -0.05) is 12.1 Å². The molecule has 7 heteroatoms. The summed E-state index contributed by atoms with van der Waals surface area (Å²) in [5, 5.41) is 9.39. The van der Waals surface area contributed by atoms with Crippen LogP contribution in [-0.2, 0) is 0 Å². The third kappa shape index (κ3) is 4.92. The SMILES string of the molecule is COc1cc(C(=O)N(C)CC(CCO)c2ccc(F)cc2)cc(OC)c1OC. The van der Waals surface area contributed by atoms with Gasteiger partial charge < -0.3 is 24.2 Å². The molecule has 0 saturated heterocycles. The van der Waals surface area contributed by atoms with Crippen molar-refractivity contribution in [3.8, 4) is 17.2 Å². The van der Waals surface area contributed by atoms with Gasteiger partial charge in [0.25, 0.3) is 5.91 Å². The maximum atomic E-state index is 13.2. The molecule has 1 N–H and O–H groups in total. The second-order valence-electron chi connectivity index (χ2n) is 6.36. The molecule has 152 valence electrons. The Morgan fingerprint density at radius 1 is 1.07 bits per heavy atom. The number of ether oxygens (including phenoxy) is 3. The highest BCUT2D eigenvalue weighted by Crippen LogP contribution is 2.38. The summed E-state index contributed by atoms with van der Waals surface area (Å²) in [5.41, 5.74) is 1.25. The van der Waals surface area contributed by atoms with Crippen LogP contribution < -0.4 is 14.2 Å². The second kappa shape index (κ2) is 9.94. The molecular weight excluding hydrogens is 365 g/mol. The number of benzene rings is 2. The van der Waals surface area contributed by atoms with Gasteiger partial charge in [0.1, 0.15) is 5.82 Å². The Morgan fingerprint density at radius 3 is 2.11 bits per heavy atom. The summed E-state index contributed by atoms with van der Waals surface area (Å²) in [6.45, 7) is 0.329. The summed E-state index contributed by atoms with van der Waals surface area (Å²) in [4.78, 5) is 14.5. The van der Waals surface area contributed by atoms with Gasteiger partial charge in [-0.3, -0.25) is 4.79 Å². The quantitative estimate of drug-likeness (QED) is 0.712. The normalized spacial score (nSPS) is 11.6. The average Bonchev–Trinajstić information content (AvgIpc) is 2.72. The molecule has 0 bridgehead atoms. The van der Waals surface area contributed by atoms with Crippen LogP contribution >= 0.6 is 0 Å². The van der Waals surface area contributed by atoms with E-state index in [1.807, 2.05) is 0 Å². The molecule has 2 aromatic carbocycles. The van der Waals surface area contributed by atoms with Gasteiger partial charge in [-0.15, -0.1) is 0 Å². The van der Waals surface area contributed by atoms with Gasteiger partial charge in [0, 0.05) is 31.7 Å². The lowest BCUT2D eigenvalue weighted by Crippen LogP contribution is -2.31. The number of nitrogens with zero attached hydrogens (tertiary/aromatic N) is 1. The summed E-state index contributed by atoms with van der Waals surface area (Å²) < 4.78 is 29.1. The van der Waals surface area contributed by atoms with Crippen molar-refractivity contribution in [2.24, 2.45) is 0 Å². The van der Waals surface area contributed by atoms with Crippen LogP contribution in [0.4, 0.5) is 4.39 Å². The molecule has 0 heterocycles. The van der Waals surface area contributed by atoms with Crippen molar-refractivity contribution in [1.29, 1.82) is 0 Å². The van der Waals surface area contributed by atoms with Crippen molar-refractivity contribution >= 4 is 5.91 Å². The van der Waals surface area contributed by atoms with Crippen LogP contribution in [0.25, 0.3) is 0 Å². The van der Waals surface area contributed by atoms with Gasteiger partial charge in [-0.2, -0.15) is 0 Å². The number of rotatable bonds is 9. The zero-order chi connectivity index (χ0) is 20.7. The maximum absolute atomic E-state index is 13.2. The van der Waals surface area contributed by atoms with Gasteiger partial charge >= 0.3 is 0 Å². The van der Waals surface area contributed by atoms with E-state index in [0.717, 1.165) is 5.56 Å². The van der Waals surface area contributed by atoms with E-state index >= 15 is 0 Å². The third-order valence-electron chi connectivity index (χ3n) is 4.57. The minimum absolute atomic E-state index is 0.0335. The molecule has 6 nitrogen and oxygen atoms in total. The van der Waals surface area contributed by atoms with Gasteiger partial charge in [0.15, 0.2) is 11.5 Å². The molecule has 0 aliphatic carbocycles. The number of carbonyl (C=O) groups is 1. The van der Waals surface area contributed by atoms with Crippen LogP contribution in [0.1, 0.15) is 28.3 Å². The molecule has 0 aliphatic rings. The Hall–Kier alpha value is -2.80. The van der Waals surface area contributed by atoms with E-state index in [9.17, 15) is 14.3 Å². The lowest BCUT2D eigenvalue weighted by molar-refractivity contribution is 0.0780. The predicted molar refractivity (Wildman–Crippen MR) is 104 cm³/mol. The van der Waals surface area contributed by atoms with E-state index in [4.69, 9.17) is 14.2 Å². The highest BCUT2D eigenvalue weighted by molar-refractivity contribution is 5.95. The smallest absolute Gasteiger partial charge is 0.253 e. The van der Waals surface area contributed by atoms with Crippen LogP contribution in [0.15, 0.2) is 36.4 Å². The van der Waals surface area contributed by atoms with E-state index in [2.05, 4.69) is 0 Å². The number of halogens is 1. The fourth-order valence-corrected chi connectivity index (χ4v) is 3.09. The Balaban J connectivity index is 2.26. The van der Waals surface area contributed by atoms with Crippen molar-refractivity contribution in [3.05, 3.63) is 53.3 Å². The zero-order valence-corrected chi connectivity index (χ0v) is 16.6. The number of amides is 1. The standard InChI is InChI=1S/C21H26FNO5/c1-23(13-15(9-10-24)14-5-7-17(22)8-6-14)21(25)16-11-18(26-2)20(28-4)19(12-16)27-3/h5-8,11-12,15,24H,9-10,13H2,1-4H3. The lowest BCUT2D eigenvalue weighted by Gasteiger charge is -2.25. The number of hydrogen-bond acceptors (Lipinski definition) is 5. The first kappa shape index (κ1) is 21.5.